The number of fused-ring (bicyclic) bond motifs is 1. The van der Waals surface area contributed by atoms with Crippen molar-refractivity contribution in [3.8, 4) is 5.75 Å². The molecule has 0 fully saturated rings. The number of amides is 1. The van der Waals surface area contributed by atoms with Gasteiger partial charge in [-0.15, -0.1) is 16.4 Å². The van der Waals surface area contributed by atoms with Crippen molar-refractivity contribution >= 4 is 33.8 Å². The van der Waals surface area contributed by atoms with Gasteiger partial charge in [0.05, 0.1) is 10.6 Å². The maximum absolute atomic E-state index is 11.8. The third-order valence-electron chi connectivity index (χ3n) is 2.92. The molecule has 0 saturated heterocycles. The zero-order valence-corrected chi connectivity index (χ0v) is 12.7. The van der Waals surface area contributed by atoms with Crippen LogP contribution in [0.2, 0.25) is 0 Å². The van der Waals surface area contributed by atoms with Crippen LogP contribution in [-0.4, -0.2) is 32.0 Å². The van der Waals surface area contributed by atoms with Gasteiger partial charge < -0.3 is 4.74 Å². The average Bonchev–Trinajstić information content (AvgIpc) is 3.07. The van der Waals surface area contributed by atoms with Crippen LogP contribution in [0.4, 0.5) is 11.6 Å². The molecule has 1 aromatic carbocycles. The number of nitrogens with one attached hydrogen (secondary N) is 1. The highest BCUT2D eigenvalue weighted by molar-refractivity contribution is 7.15. The van der Waals surface area contributed by atoms with E-state index in [0.717, 1.165) is 5.69 Å². The molecule has 1 N–H and O–H groups in total. The number of thiazole rings is 1. The molecule has 2 heterocycles. The number of carbonyl (C=O) groups is 1. The van der Waals surface area contributed by atoms with Crippen LogP contribution in [0, 0.1) is 17.0 Å². The summed E-state index contributed by atoms with van der Waals surface area (Å²) < 4.78 is 6.90. The third kappa shape index (κ3) is 3.26. The summed E-state index contributed by atoms with van der Waals surface area (Å²) in [5.41, 5.74) is 0.889. The number of benzene rings is 1. The Hall–Kier alpha value is -3.01. The zero-order chi connectivity index (χ0) is 16.4. The summed E-state index contributed by atoms with van der Waals surface area (Å²) in [4.78, 5) is 26.7. The van der Waals surface area contributed by atoms with Crippen LogP contribution in [0.25, 0.3) is 4.96 Å². The number of anilines is 1. The lowest BCUT2D eigenvalue weighted by atomic mass is 10.3. The number of aromatic nitrogens is 3. The molecule has 10 heteroatoms. The fourth-order valence-corrected chi connectivity index (χ4v) is 2.62. The molecule has 0 unspecified atom stereocenters. The molecule has 0 radical (unpaired) electrons. The summed E-state index contributed by atoms with van der Waals surface area (Å²) in [6, 6.07) is 5.47. The van der Waals surface area contributed by atoms with Gasteiger partial charge >= 0.3 is 0 Å². The van der Waals surface area contributed by atoms with E-state index in [1.807, 2.05) is 12.3 Å². The Labute approximate surface area is 133 Å². The van der Waals surface area contributed by atoms with Crippen LogP contribution >= 0.6 is 11.3 Å². The Balaban J connectivity index is 1.57. The summed E-state index contributed by atoms with van der Waals surface area (Å²) in [7, 11) is 0. The van der Waals surface area contributed by atoms with Crippen molar-refractivity contribution in [2.24, 2.45) is 0 Å². The lowest BCUT2D eigenvalue weighted by molar-refractivity contribution is -0.384. The standard InChI is InChI=1S/C13H11N5O4S/c1-8-7-23-13-15-12(16-17(8)13)14-11(19)6-22-10-4-2-9(3-5-10)18(20)21/h2-5,7H,6H2,1H3,(H,14,16,19). The molecule has 0 aliphatic heterocycles. The average molecular weight is 333 g/mol. The smallest absolute Gasteiger partial charge is 0.269 e. The van der Waals surface area contributed by atoms with Gasteiger partial charge in [0.1, 0.15) is 5.75 Å². The van der Waals surface area contributed by atoms with E-state index >= 15 is 0 Å². The number of ether oxygens (including phenoxy) is 1. The lowest BCUT2D eigenvalue weighted by Gasteiger charge is -2.05. The fraction of sp³-hybridized carbons (Fsp3) is 0.154. The quantitative estimate of drug-likeness (QED) is 0.565. The normalized spacial score (nSPS) is 10.7. The number of non-ortho nitro benzene ring substituents is 1. The largest absolute Gasteiger partial charge is 0.484 e. The fourth-order valence-electron chi connectivity index (χ4n) is 1.82. The van der Waals surface area contributed by atoms with Crippen molar-refractivity contribution in [2.45, 2.75) is 6.92 Å². The molecular weight excluding hydrogens is 322 g/mol. The molecule has 1 amide bonds. The number of hydrogen-bond acceptors (Lipinski definition) is 7. The number of carbonyl (C=O) groups excluding carboxylic acids is 1. The highest BCUT2D eigenvalue weighted by Gasteiger charge is 2.11. The highest BCUT2D eigenvalue weighted by Crippen LogP contribution is 2.17. The monoisotopic (exact) mass is 333 g/mol. The SMILES string of the molecule is Cc1csc2nc(NC(=O)COc3ccc([N+](=O)[O-])cc3)nn12. The Morgan fingerprint density at radius 2 is 2.17 bits per heavy atom. The minimum atomic E-state index is -0.505. The summed E-state index contributed by atoms with van der Waals surface area (Å²) in [5, 5.41) is 19.1. The molecule has 0 aliphatic carbocycles. The van der Waals surface area contributed by atoms with Gasteiger partial charge in [-0.05, 0) is 19.1 Å². The van der Waals surface area contributed by atoms with E-state index in [1.165, 1.54) is 35.6 Å². The van der Waals surface area contributed by atoms with Gasteiger partial charge in [-0.3, -0.25) is 20.2 Å². The van der Waals surface area contributed by atoms with Crippen molar-refractivity contribution in [1.29, 1.82) is 0 Å². The van der Waals surface area contributed by atoms with Gasteiger partial charge in [-0.2, -0.15) is 4.98 Å². The third-order valence-corrected chi connectivity index (χ3v) is 3.85. The van der Waals surface area contributed by atoms with E-state index in [4.69, 9.17) is 4.74 Å². The maximum Gasteiger partial charge on any atom is 0.269 e. The number of nitro benzene ring substituents is 1. The summed E-state index contributed by atoms with van der Waals surface area (Å²) in [5.74, 6) is 0.150. The number of nitrogens with zero attached hydrogens (tertiary/aromatic N) is 4. The van der Waals surface area contributed by atoms with Gasteiger partial charge in [-0.25, -0.2) is 4.52 Å². The van der Waals surface area contributed by atoms with Crippen LogP contribution in [0.15, 0.2) is 29.6 Å². The minimum Gasteiger partial charge on any atom is -0.484 e. The topological polar surface area (TPSA) is 112 Å². The first-order valence-corrected chi connectivity index (χ1v) is 7.39. The van der Waals surface area contributed by atoms with Gasteiger partial charge in [-0.1, -0.05) is 0 Å². The molecule has 0 saturated carbocycles. The van der Waals surface area contributed by atoms with Gasteiger partial charge in [0.15, 0.2) is 6.61 Å². The molecule has 3 aromatic rings. The second-order valence-electron chi connectivity index (χ2n) is 4.59. The molecule has 0 atom stereocenters. The van der Waals surface area contributed by atoms with Crippen molar-refractivity contribution in [3.05, 3.63) is 45.5 Å². The van der Waals surface area contributed by atoms with E-state index in [9.17, 15) is 14.9 Å². The van der Waals surface area contributed by atoms with Gasteiger partial charge in [0.2, 0.25) is 4.96 Å². The lowest BCUT2D eigenvalue weighted by Crippen LogP contribution is -2.21. The first-order chi connectivity index (χ1) is 11.0. The van der Waals surface area contributed by atoms with Crippen LogP contribution in [0.5, 0.6) is 5.75 Å². The summed E-state index contributed by atoms with van der Waals surface area (Å²) >= 11 is 1.43. The number of aryl methyl sites for hydroxylation is 1. The first-order valence-electron chi connectivity index (χ1n) is 6.51. The highest BCUT2D eigenvalue weighted by atomic mass is 32.1. The Bertz CT molecular complexity index is 870. The van der Waals surface area contributed by atoms with Crippen LogP contribution in [0.3, 0.4) is 0 Å². The van der Waals surface area contributed by atoms with Crippen LogP contribution in [-0.2, 0) is 4.79 Å². The minimum absolute atomic E-state index is 0.0422. The van der Waals surface area contributed by atoms with E-state index in [2.05, 4.69) is 15.4 Å². The maximum atomic E-state index is 11.8. The molecular formula is C13H11N5O4S. The molecule has 3 rings (SSSR count). The molecule has 0 bridgehead atoms. The molecule has 23 heavy (non-hydrogen) atoms. The molecule has 2 aromatic heterocycles. The number of nitro groups is 1. The summed E-state index contributed by atoms with van der Waals surface area (Å²) in [6.07, 6.45) is 0. The van der Waals surface area contributed by atoms with E-state index in [1.54, 1.807) is 4.52 Å². The van der Waals surface area contributed by atoms with E-state index < -0.39 is 10.8 Å². The molecule has 0 spiro atoms. The Morgan fingerprint density at radius 3 is 2.83 bits per heavy atom. The Kier molecular flexibility index (Phi) is 3.89. The molecule has 9 nitrogen and oxygen atoms in total. The van der Waals surface area contributed by atoms with Gasteiger partial charge in [0.25, 0.3) is 17.5 Å². The van der Waals surface area contributed by atoms with Crippen molar-refractivity contribution in [1.82, 2.24) is 14.6 Å². The predicted octanol–water partition coefficient (Wildman–Crippen LogP) is 2.02. The van der Waals surface area contributed by atoms with Crippen molar-refractivity contribution in [3.63, 3.8) is 0 Å². The van der Waals surface area contributed by atoms with Crippen LogP contribution < -0.4 is 10.1 Å². The zero-order valence-electron chi connectivity index (χ0n) is 11.9. The second kappa shape index (κ2) is 6.01. The molecule has 0 aliphatic rings. The van der Waals surface area contributed by atoms with Crippen molar-refractivity contribution in [2.75, 3.05) is 11.9 Å². The van der Waals surface area contributed by atoms with E-state index in [0.29, 0.717) is 10.7 Å². The number of hydrogen-bond donors (Lipinski definition) is 1. The molecule has 118 valence electrons. The predicted molar refractivity (Wildman–Crippen MR) is 82.8 cm³/mol. The Morgan fingerprint density at radius 1 is 1.43 bits per heavy atom. The van der Waals surface area contributed by atoms with Crippen molar-refractivity contribution < 1.29 is 14.5 Å². The number of rotatable bonds is 5. The van der Waals surface area contributed by atoms with Crippen LogP contribution in [0.1, 0.15) is 5.69 Å². The first kappa shape index (κ1) is 14.9. The second-order valence-corrected chi connectivity index (χ2v) is 5.43. The van der Waals surface area contributed by atoms with E-state index in [-0.39, 0.29) is 18.2 Å². The summed E-state index contributed by atoms with van der Waals surface area (Å²) in [6.45, 7) is 1.64. The van der Waals surface area contributed by atoms with Gasteiger partial charge in [0, 0.05) is 17.5 Å².